The largest absolute Gasteiger partial charge is 0.330 e. The predicted octanol–water partition coefficient (Wildman–Crippen LogP) is 3.01. The number of rotatable bonds is 4. The average Bonchev–Trinajstić information content (AvgIpc) is 2.74. The molecule has 0 saturated heterocycles. The number of aromatic nitrogens is 1. The molecule has 1 aromatic carbocycles. The predicted molar refractivity (Wildman–Crippen MR) is 69.7 cm³/mol. The summed E-state index contributed by atoms with van der Waals surface area (Å²) >= 11 is 1.69. The Kier molecular flexibility index (Phi) is 3.70. The van der Waals surface area contributed by atoms with Gasteiger partial charge in [0.05, 0.1) is 10.7 Å². The fourth-order valence-electron chi connectivity index (χ4n) is 1.69. The Bertz CT molecular complexity index is 462. The van der Waals surface area contributed by atoms with Crippen LogP contribution in [0.5, 0.6) is 0 Å². The molecular formula is C13H16N2S. The molecular weight excluding hydrogens is 216 g/mol. The van der Waals surface area contributed by atoms with Gasteiger partial charge in [0.1, 0.15) is 0 Å². The van der Waals surface area contributed by atoms with Gasteiger partial charge in [-0.05, 0) is 37.9 Å². The highest BCUT2D eigenvalue weighted by atomic mass is 32.1. The van der Waals surface area contributed by atoms with Crippen LogP contribution >= 0.6 is 11.3 Å². The van der Waals surface area contributed by atoms with Crippen molar-refractivity contribution < 1.29 is 0 Å². The molecule has 2 N–H and O–H groups in total. The van der Waals surface area contributed by atoms with Gasteiger partial charge in [-0.15, -0.1) is 11.3 Å². The van der Waals surface area contributed by atoms with Crippen LogP contribution in [-0.4, -0.2) is 11.5 Å². The molecule has 0 bridgehead atoms. The molecule has 0 unspecified atom stereocenters. The molecule has 0 aliphatic rings. The summed E-state index contributed by atoms with van der Waals surface area (Å²) in [6.45, 7) is 2.78. The van der Waals surface area contributed by atoms with Gasteiger partial charge < -0.3 is 5.73 Å². The van der Waals surface area contributed by atoms with Crippen LogP contribution in [-0.2, 0) is 6.42 Å². The number of hydrogen-bond acceptors (Lipinski definition) is 3. The molecule has 0 radical (unpaired) electrons. The zero-order chi connectivity index (χ0) is 11.4. The molecule has 0 aliphatic heterocycles. The number of aryl methyl sites for hydroxylation is 2. The first-order chi connectivity index (χ1) is 7.79. The Hall–Kier alpha value is -1.19. The van der Waals surface area contributed by atoms with Gasteiger partial charge in [0, 0.05) is 10.9 Å². The molecule has 2 aromatic rings. The Morgan fingerprint density at radius 1 is 1.38 bits per heavy atom. The highest BCUT2D eigenvalue weighted by molar-refractivity contribution is 7.09. The zero-order valence-corrected chi connectivity index (χ0v) is 10.3. The molecule has 0 amide bonds. The van der Waals surface area contributed by atoms with Crippen molar-refractivity contribution in [2.75, 3.05) is 6.54 Å². The molecule has 16 heavy (non-hydrogen) atoms. The molecule has 0 aliphatic carbocycles. The summed E-state index contributed by atoms with van der Waals surface area (Å²) in [4.78, 5) is 4.50. The number of thiazole rings is 1. The minimum Gasteiger partial charge on any atom is -0.330 e. The maximum Gasteiger partial charge on any atom is 0.0901 e. The van der Waals surface area contributed by atoms with Crippen molar-refractivity contribution in [1.29, 1.82) is 0 Å². The highest BCUT2D eigenvalue weighted by Gasteiger charge is 2.02. The fraction of sp³-hybridized carbons (Fsp3) is 0.308. The van der Waals surface area contributed by atoms with Crippen molar-refractivity contribution in [3.8, 4) is 11.3 Å². The molecule has 84 valence electrons. The van der Waals surface area contributed by atoms with E-state index in [9.17, 15) is 0 Å². The van der Waals surface area contributed by atoms with Crippen LogP contribution in [0, 0.1) is 6.92 Å². The lowest BCUT2D eigenvalue weighted by atomic mass is 10.1. The van der Waals surface area contributed by atoms with E-state index < -0.39 is 0 Å². The van der Waals surface area contributed by atoms with Crippen LogP contribution < -0.4 is 5.73 Å². The van der Waals surface area contributed by atoms with Crippen LogP contribution in [0.15, 0.2) is 29.6 Å². The fourth-order valence-corrected chi connectivity index (χ4v) is 2.31. The van der Waals surface area contributed by atoms with Crippen molar-refractivity contribution in [2.24, 2.45) is 5.73 Å². The van der Waals surface area contributed by atoms with E-state index in [0.29, 0.717) is 0 Å². The summed E-state index contributed by atoms with van der Waals surface area (Å²) in [7, 11) is 0. The third-order valence-corrected chi connectivity index (χ3v) is 3.28. The monoisotopic (exact) mass is 232 g/mol. The Morgan fingerprint density at radius 2 is 2.25 bits per heavy atom. The molecule has 2 rings (SSSR count). The summed E-state index contributed by atoms with van der Waals surface area (Å²) in [5.41, 5.74) is 9.15. The number of nitrogens with zero attached hydrogens (tertiary/aromatic N) is 1. The van der Waals surface area contributed by atoms with Crippen molar-refractivity contribution >= 4 is 11.3 Å². The van der Waals surface area contributed by atoms with Gasteiger partial charge in [0.25, 0.3) is 0 Å². The Labute approximate surface area is 100 Å². The standard InChI is InChI=1S/C13H16N2S/c1-10-15-13(9-16-10)12-6-2-4-11(8-12)5-3-7-14/h2,4,6,8-9H,3,5,7,14H2,1H3. The lowest BCUT2D eigenvalue weighted by molar-refractivity contribution is 0.833. The maximum absolute atomic E-state index is 5.52. The first-order valence-corrected chi connectivity index (χ1v) is 6.39. The quantitative estimate of drug-likeness (QED) is 0.880. The summed E-state index contributed by atoms with van der Waals surface area (Å²) in [5, 5.41) is 3.22. The summed E-state index contributed by atoms with van der Waals surface area (Å²) in [6.07, 6.45) is 2.09. The van der Waals surface area contributed by atoms with Gasteiger partial charge in [-0.25, -0.2) is 4.98 Å². The topological polar surface area (TPSA) is 38.9 Å². The SMILES string of the molecule is Cc1nc(-c2cccc(CCCN)c2)cs1. The van der Waals surface area contributed by atoms with Gasteiger partial charge in [-0.1, -0.05) is 18.2 Å². The van der Waals surface area contributed by atoms with Crippen LogP contribution in [0.3, 0.4) is 0 Å². The van der Waals surface area contributed by atoms with Crippen molar-refractivity contribution in [3.05, 3.63) is 40.2 Å². The van der Waals surface area contributed by atoms with Crippen LogP contribution in [0.1, 0.15) is 17.0 Å². The van der Waals surface area contributed by atoms with Gasteiger partial charge in [-0.2, -0.15) is 0 Å². The van der Waals surface area contributed by atoms with E-state index in [-0.39, 0.29) is 0 Å². The van der Waals surface area contributed by atoms with Crippen molar-refractivity contribution in [3.63, 3.8) is 0 Å². The molecule has 2 nitrogen and oxygen atoms in total. The molecule has 0 spiro atoms. The lowest BCUT2D eigenvalue weighted by Crippen LogP contribution is -2.00. The van der Waals surface area contributed by atoms with Crippen molar-refractivity contribution in [1.82, 2.24) is 4.98 Å². The minimum absolute atomic E-state index is 0.750. The second-order valence-corrected chi connectivity index (χ2v) is 4.91. The molecule has 1 heterocycles. The van der Waals surface area contributed by atoms with E-state index in [1.807, 2.05) is 6.92 Å². The van der Waals surface area contributed by atoms with E-state index in [1.165, 1.54) is 11.1 Å². The van der Waals surface area contributed by atoms with Gasteiger partial charge in [0.15, 0.2) is 0 Å². The normalized spacial score (nSPS) is 10.6. The zero-order valence-electron chi connectivity index (χ0n) is 9.44. The Balaban J connectivity index is 2.22. The average molecular weight is 232 g/mol. The third kappa shape index (κ3) is 2.68. The first-order valence-electron chi connectivity index (χ1n) is 5.51. The lowest BCUT2D eigenvalue weighted by Gasteiger charge is -2.02. The smallest absolute Gasteiger partial charge is 0.0901 e. The first kappa shape index (κ1) is 11.3. The Morgan fingerprint density at radius 3 is 2.94 bits per heavy atom. The minimum atomic E-state index is 0.750. The molecule has 0 saturated carbocycles. The summed E-state index contributed by atoms with van der Waals surface area (Å²) in [6, 6.07) is 8.57. The van der Waals surface area contributed by atoms with Gasteiger partial charge in [-0.3, -0.25) is 0 Å². The molecule has 1 aromatic heterocycles. The number of nitrogens with two attached hydrogens (primary N) is 1. The third-order valence-electron chi connectivity index (χ3n) is 2.51. The molecule has 0 fully saturated rings. The highest BCUT2D eigenvalue weighted by Crippen LogP contribution is 2.22. The summed E-state index contributed by atoms with van der Waals surface area (Å²) < 4.78 is 0. The van der Waals surface area contributed by atoms with E-state index in [0.717, 1.165) is 30.1 Å². The molecule has 0 atom stereocenters. The van der Waals surface area contributed by atoms with E-state index >= 15 is 0 Å². The van der Waals surface area contributed by atoms with E-state index in [4.69, 9.17) is 5.73 Å². The van der Waals surface area contributed by atoms with E-state index in [2.05, 4.69) is 34.6 Å². The van der Waals surface area contributed by atoms with Gasteiger partial charge >= 0.3 is 0 Å². The van der Waals surface area contributed by atoms with E-state index in [1.54, 1.807) is 11.3 Å². The second kappa shape index (κ2) is 5.23. The molecule has 3 heteroatoms. The second-order valence-electron chi connectivity index (χ2n) is 3.84. The number of benzene rings is 1. The van der Waals surface area contributed by atoms with Gasteiger partial charge in [0.2, 0.25) is 0 Å². The summed E-state index contributed by atoms with van der Waals surface area (Å²) in [5.74, 6) is 0. The van der Waals surface area contributed by atoms with Crippen molar-refractivity contribution in [2.45, 2.75) is 19.8 Å². The van der Waals surface area contributed by atoms with Crippen LogP contribution in [0.25, 0.3) is 11.3 Å². The van der Waals surface area contributed by atoms with Crippen LogP contribution in [0.4, 0.5) is 0 Å². The maximum atomic E-state index is 5.52. The number of hydrogen-bond donors (Lipinski definition) is 1. The van der Waals surface area contributed by atoms with Crippen LogP contribution in [0.2, 0.25) is 0 Å².